The van der Waals surface area contributed by atoms with Crippen LogP contribution in [-0.4, -0.2) is 6.29 Å². The van der Waals surface area contributed by atoms with Gasteiger partial charge in [-0.15, -0.1) is 0 Å². The molecule has 0 saturated heterocycles. The lowest BCUT2D eigenvalue weighted by Crippen LogP contribution is -1.96. The number of benzene rings is 2. The number of anilines is 2. The number of aldehydes is 1. The molecule has 80 valence electrons. The van der Waals surface area contributed by atoms with E-state index in [9.17, 15) is 4.79 Å². The van der Waals surface area contributed by atoms with E-state index in [1.54, 1.807) is 6.07 Å². The number of hydrogen-bond acceptors (Lipinski definition) is 2. The van der Waals surface area contributed by atoms with Gasteiger partial charge in [0, 0.05) is 16.9 Å². The molecule has 0 heterocycles. The standard InChI is InChI=1S/C14H13NO/c1-11-6-2-4-8-13(11)15-14-9-5-3-7-12(14)10-16/h2-10,15H,1H3. The minimum Gasteiger partial charge on any atom is -0.355 e. The van der Waals surface area contributed by atoms with Gasteiger partial charge in [0.05, 0.1) is 0 Å². The number of carbonyl (C=O) groups is 1. The van der Waals surface area contributed by atoms with Gasteiger partial charge in [0.1, 0.15) is 0 Å². The highest BCUT2D eigenvalue weighted by molar-refractivity contribution is 5.86. The quantitative estimate of drug-likeness (QED) is 0.786. The zero-order valence-corrected chi connectivity index (χ0v) is 9.10. The molecule has 0 aliphatic heterocycles. The molecule has 2 heteroatoms. The summed E-state index contributed by atoms with van der Waals surface area (Å²) in [5.74, 6) is 0. The van der Waals surface area contributed by atoms with E-state index in [0.29, 0.717) is 5.56 Å². The number of hydrogen-bond donors (Lipinski definition) is 1. The zero-order chi connectivity index (χ0) is 11.4. The fraction of sp³-hybridized carbons (Fsp3) is 0.0714. The second-order valence-electron chi connectivity index (χ2n) is 3.65. The predicted octanol–water partition coefficient (Wildman–Crippen LogP) is 3.55. The molecule has 2 nitrogen and oxygen atoms in total. The van der Waals surface area contributed by atoms with Crippen LogP contribution in [0.15, 0.2) is 48.5 Å². The lowest BCUT2D eigenvalue weighted by molar-refractivity contribution is 0.112. The molecule has 0 aliphatic rings. The molecular weight excluding hydrogens is 198 g/mol. The maximum Gasteiger partial charge on any atom is 0.152 e. The molecule has 0 fully saturated rings. The summed E-state index contributed by atoms with van der Waals surface area (Å²) in [7, 11) is 0. The first kappa shape index (κ1) is 10.4. The number of nitrogens with one attached hydrogen (secondary N) is 1. The molecule has 2 aromatic rings. The summed E-state index contributed by atoms with van der Waals surface area (Å²) in [6.07, 6.45) is 0.862. The number of carbonyl (C=O) groups excluding carboxylic acids is 1. The second kappa shape index (κ2) is 4.62. The highest BCUT2D eigenvalue weighted by Crippen LogP contribution is 2.22. The summed E-state index contributed by atoms with van der Waals surface area (Å²) in [6.45, 7) is 2.03. The summed E-state index contributed by atoms with van der Waals surface area (Å²) in [6, 6.07) is 15.5. The SMILES string of the molecule is Cc1ccccc1Nc1ccccc1C=O. The van der Waals surface area contributed by atoms with Crippen molar-refractivity contribution < 1.29 is 4.79 Å². The van der Waals surface area contributed by atoms with Gasteiger partial charge in [0.15, 0.2) is 6.29 Å². The number of para-hydroxylation sites is 2. The first-order valence-corrected chi connectivity index (χ1v) is 5.18. The summed E-state index contributed by atoms with van der Waals surface area (Å²) in [5, 5.41) is 3.26. The van der Waals surface area contributed by atoms with Crippen LogP contribution in [0.25, 0.3) is 0 Å². The largest absolute Gasteiger partial charge is 0.355 e. The molecular formula is C14H13NO. The first-order valence-electron chi connectivity index (χ1n) is 5.18. The van der Waals surface area contributed by atoms with Crippen LogP contribution < -0.4 is 5.32 Å². The van der Waals surface area contributed by atoms with Gasteiger partial charge in [-0.1, -0.05) is 30.3 Å². The van der Waals surface area contributed by atoms with Crippen LogP contribution >= 0.6 is 0 Å². The molecule has 0 amide bonds. The Morgan fingerprint density at radius 1 is 0.938 bits per heavy atom. The third-order valence-electron chi connectivity index (χ3n) is 2.50. The Morgan fingerprint density at radius 3 is 2.25 bits per heavy atom. The van der Waals surface area contributed by atoms with Gasteiger partial charge in [0.25, 0.3) is 0 Å². The maximum atomic E-state index is 10.9. The molecule has 1 N–H and O–H groups in total. The van der Waals surface area contributed by atoms with Gasteiger partial charge < -0.3 is 5.32 Å². The number of rotatable bonds is 3. The fourth-order valence-electron chi connectivity index (χ4n) is 1.57. The van der Waals surface area contributed by atoms with Crippen molar-refractivity contribution in [3.63, 3.8) is 0 Å². The Morgan fingerprint density at radius 2 is 1.56 bits per heavy atom. The van der Waals surface area contributed by atoms with E-state index in [1.165, 1.54) is 0 Å². The van der Waals surface area contributed by atoms with E-state index >= 15 is 0 Å². The molecule has 0 saturated carbocycles. The van der Waals surface area contributed by atoms with Crippen molar-refractivity contribution in [3.05, 3.63) is 59.7 Å². The average molecular weight is 211 g/mol. The van der Waals surface area contributed by atoms with E-state index < -0.39 is 0 Å². The molecule has 0 unspecified atom stereocenters. The van der Waals surface area contributed by atoms with E-state index in [1.807, 2.05) is 49.4 Å². The zero-order valence-electron chi connectivity index (χ0n) is 9.10. The van der Waals surface area contributed by atoms with Crippen LogP contribution in [0, 0.1) is 6.92 Å². The summed E-state index contributed by atoms with van der Waals surface area (Å²) >= 11 is 0. The molecule has 0 spiro atoms. The van der Waals surface area contributed by atoms with Gasteiger partial charge >= 0.3 is 0 Å². The lowest BCUT2D eigenvalue weighted by atomic mass is 10.1. The topological polar surface area (TPSA) is 29.1 Å². The summed E-state index contributed by atoms with van der Waals surface area (Å²) in [4.78, 5) is 10.9. The van der Waals surface area contributed by atoms with Crippen molar-refractivity contribution in [2.45, 2.75) is 6.92 Å². The maximum absolute atomic E-state index is 10.9. The second-order valence-corrected chi connectivity index (χ2v) is 3.65. The molecule has 0 aromatic heterocycles. The van der Waals surface area contributed by atoms with E-state index in [-0.39, 0.29) is 0 Å². The summed E-state index contributed by atoms with van der Waals surface area (Å²) in [5.41, 5.74) is 3.69. The van der Waals surface area contributed by atoms with Gasteiger partial charge in [-0.25, -0.2) is 0 Å². The van der Waals surface area contributed by atoms with Gasteiger partial charge in [0.2, 0.25) is 0 Å². The van der Waals surface area contributed by atoms with E-state index in [4.69, 9.17) is 0 Å². The van der Waals surface area contributed by atoms with Crippen molar-refractivity contribution in [2.75, 3.05) is 5.32 Å². The normalized spacial score (nSPS) is 9.81. The minimum atomic E-state index is 0.672. The Hall–Kier alpha value is -2.09. The molecule has 0 atom stereocenters. The first-order chi connectivity index (χ1) is 7.81. The van der Waals surface area contributed by atoms with Gasteiger partial charge in [-0.2, -0.15) is 0 Å². The van der Waals surface area contributed by atoms with Crippen LogP contribution in [0.2, 0.25) is 0 Å². The van der Waals surface area contributed by atoms with Crippen LogP contribution in [0.5, 0.6) is 0 Å². The molecule has 0 radical (unpaired) electrons. The van der Waals surface area contributed by atoms with Crippen LogP contribution in [0.4, 0.5) is 11.4 Å². The van der Waals surface area contributed by atoms with Gasteiger partial charge in [-0.3, -0.25) is 4.79 Å². The van der Waals surface area contributed by atoms with E-state index in [0.717, 1.165) is 23.2 Å². The molecule has 0 aliphatic carbocycles. The van der Waals surface area contributed by atoms with Crippen molar-refractivity contribution in [3.8, 4) is 0 Å². The third-order valence-corrected chi connectivity index (χ3v) is 2.50. The van der Waals surface area contributed by atoms with Crippen molar-refractivity contribution in [1.82, 2.24) is 0 Å². The Balaban J connectivity index is 2.34. The molecule has 2 aromatic carbocycles. The van der Waals surface area contributed by atoms with E-state index in [2.05, 4.69) is 5.32 Å². The number of aryl methyl sites for hydroxylation is 1. The van der Waals surface area contributed by atoms with Crippen LogP contribution in [-0.2, 0) is 0 Å². The lowest BCUT2D eigenvalue weighted by Gasteiger charge is -2.10. The van der Waals surface area contributed by atoms with Crippen molar-refractivity contribution in [2.24, 2.45) is 0 Å². The van der Waals surface area contributed by atoms with Crippen LogP contribution in [0.1, 0.15) is 15.9 Å². The fourth-order valence-corrected chi connectivity index (χ4v) is 1.57. The molecule has 2 rings (SSSR count). The van der Waals surface area contributed by atoms with Gasteiger partial charge in [-0.05, 0) is 30.7 Å². The third kappa shape index (κ3) is 2.11. The minimum absolute atomic E-state index is 0.672. The Bertz CT molecular complexity index is 506. The predicted molar refractivity (Wildman–Crippen MR) is 66.3 cm³/mol. The highest BCUT2D eigenvalue weighted by atomic mass is 16.1. The smallest absolute Gasteiger partial charge is 0.152 e. The Labute approximate surface area is 94.9 Å². The molecule has 16 heavy (non-hydrogen) atoms. The highest BCUT2D eigenvalue weighted by Gasteiger charge is 2.01. The average Bonchev–Trinajstić information content (AvgIpc) is 2.33. The van der Waals surface area contributed by atoms with Crippen LogP contribution in [0.3, 0.4) is 0 Å². The monoisotopic (exact) mass is 211 g/mol. The van der Waals surface area contributed by atoms with Crippen molar-refractivity contribution >= 4 is 17.7 Å². The Kier molecular flexibility index (Phi) is 3.01. The summed E-state index contributed by atoms with van der Waals surface area (Å²) < 4.78 is 0. The van der Waals surface area contributed by atoms with Crippen molar-refractivity contribution in [1.29, 1.82) is 0 Å². The molecule has 0 bridgehead atoms.